The van der Waals surface area contributed by atoms with Crippen LogP contribution in [0.25, 0.3) is 0 Å². The molecule has 104 valence electrons. The van der Waals surface area contributed by atoms with Crippen molar-refractivity contribution < 1.29 is 0 Å². The smallest absolute Gasteiger partial charge is 0.132 e. The summed E-state index contributed by atoms with van der Waals surface area (Å²) in [5.41, 5.74) is 2.67. The molecule has 3 nitrogen and oxygen atoms in total. The predicted molar refractivity (Wildman–Crippen MR) is 78.4 cm³/mol. The molecule has 0 atom stereocenters. The number of aromatic nitrogens is 2. The summed E-state index contributed by atoms with van der Waals surface area (Å²) >= 11 is 0. The average Bonchev–Trinajstić information content (AvgIpc) is 2.49. The van der Waals surface area contributed by atoms with E-state index in [4.69, 9.17) is 0 Å². The molecule has 2 aliphatic carbocycles. The fourth-order valence-corrected chi connectivity index (χ4v) is 3.54. The van der Waals surface area contributed by atoms with Gasteiger partial charge in [-0.2, -0.15) is 0 Å². The summed E-state index contributed by atoms with van der Waals surface area (Å²) in [6.07, 6.45) is 15.1. The number of nitrogens with one attached hydrogen (secondary N) is 1. The van der Waals surface area contributed by atoms with Crippen molar-refractivity contribution >= 4 is 5.82 Å². The molecule has 0 spiro atoms. The topological polar surface area (TPSA) is 37.8 Å². The molecule has 1 aromatic rings. The first kappa shape index (κ1) is 12.9. The summed E-state index contributed by atoms with van der Waals surface area (Å²) in [4.78, 5) is 8.88. The fraction of sp³-hybridized carbons (Fsp3) is 0.750. The van der Waals surface area contributed by atoms with Crippen LogP contribution in [0.2, 0.25) is 0 Å². The molecule has 0 saturated heterocycles. The van der Waals surface area contributed by atoms with E-state index in [2.05, 4.69) is 15.3 Å². The van der Waals surface area contributed by atoms with Gasteiger partial charge in [-0.05, 0) is 38.0 Å². The van der Waals surface area contributed by atoms with Crippen molar-refractivity contribution in [3.05, 3.63) is 17.6 Å². The third-order valence-electron chi connectivity index (χ3n) is 4.69. The summed E-state index contributed by atoms with van der Waals surface area (Å²) in [6.45, 7) is 1.08. The number of fused-ring (bicyclic) bond motifs is 1. The van der Waals surface area contributed by atoms with E-state index in [1.54, 1.807) is 6.33 Å². The molecule has 0 radical (unpaired) electrons. The third-order valence-corrected chi connectivity index (χ3v) is 4.69. The van der Waals surface area contributed by atoms with Gasteiger partial charge in [-0.15, -0.1) is 0 Å². The predicted octanol–water partition coefficient (Wildman–Crippen LogP) is 3.74. The van der Waals surface area contributed by atoms with E-state index in [0.717, 1.165) is 31.1 Å². The monoisotopic (exact) mass is 259 g/mol. The summed E-state index contributed by atoms with van der Waals surface area (Å²) in [5.74, 6) is 2.06. The van der Waals surface area contributed by atoms with E-state index in [9.17, 15) is 0 Å². The van der Waals surface area contributed by atoms with Gasteiger partial charge in [-0.25, -0.2) is 9.97 Å². The van der Waals surface area contributed by atoms with Crippen LogP contribution < -0.4 is 5.32 Å². The van der Waals surface area contributed by atoms with Gasteiger partial charge in [0.1, 0.15) is 12.1 Å². The molecule has 1 heterocycles. The van der Waals surface area contributed by atoms with Gasteiger partial charge >= 0.3 is 0 Å². The third kappa shape index (κ3) is 3.26. The number of nitrogens with zero attached hydrogens (tertiary/aromatic N) is 2. The van der Waals surface area contributed by atoms with Gasteiger partial charge in [-0.3, -0.25) is 0 Å². The Balaban J connectivity index is 1.54. The van der Waals surface area contributed by atoms with Gasteiger partial charge in [0.05, 0.1) is 0 Å². The van der Waals surface area contributed by atoms with Crippen molar-refractivity contribution in [2.75, 3.05) is 11.9 Å². The highest BCUT2D eigenvalue weighted by Crippen LogP contribution is 2.27. The molecule has 1 N–H and O–H groups in total. The largest absolute Gasteiger partial charge is 0.370 e. The normalized spacial score (nSPS) is 20.0. The second-order valence-corrected chi connectivity index (χ2v) is 6.07. The van der Waals surface area contributed by atoms with Gasteiger partial charge in [0.2, 0.25) is 0 Å². The van der Waals surface area contributed by atoms with Crippen molar-refractivity contribution in [2.45, 2.75) is 64.2 Å². The lowest BCUT2D eigenvalue weighted by Crippen LogP contribution is -2.16. The van der Waals surface area contributed by atoms with E-state index in [-0.39, 0.29) is 0 Å². The van der Waals surface area contributed by atoms with Crippen molar-refractivity contribution in [2.24, 2.45) is 5.92 Å². The van der Waals surface area contributed by atoms with E-state index in [1.807, 2.05) is 0 Å². The highest BCUT2D eigenvalue weighted by atomic mass is 15.0. The molecule has 1 saturated carbocycles. The van der Waals surface area contributed by atoms with Crippen LogP contribution in [0.3, 0.4) is 0 Å². The van der Waals surface area contributed by atoms with E-state index in [0.29, 0.717) is 0 Å². The summed E-state index contributed by atoms with van der Waals surface area (Å²) in [5, 5.41) is 3.57. The van der Waals surface area contributed by atoms with Crippen molar-refractivity contribution in [3.8, 4) is 0 Å². The Bertz CT molecular complexity index is 410. The van der Waals surface area contributed by atoms with Gasteiger partial charge in [0.15, 0.2) is 0 Å². The molecule has 0 aliphatic heterocycles. The van der Waals surface area contributed by atoms with Crippen LogP contribution in [-0.2, 0) is 12.8 Å². The summed E-state index contributed by atoms with van der Waals surface area (Å²) < 4.78 is 0. The minimum Gasteiger partial charge on any atom is -0.370 e. The lowest BCUT2D eigenvalue weighted by Gasteiger charge is -2.22. The number of hydrogen-bond acceptors (Lipinski definition) is 3. The Labute approximate surface area is 116 Å². The summed E-state index contributed by atoms with van der Waals surface area (Å²) in [7, 11) is 0. The van der Waals surface area contributed by atoms with Crippen LogP contribution >= 0.6 is 0 Å². The van der Waals surface area contributed by atoms with E-state index < -0.39 is 0 Å². The first-order valence-corrected chi connectivity index (χ1v) is 8.00. The first-order chi connectivity index (χ1) is 9.43. The highest BCUT2D eigenvalue weighted by molar-refractivity contribution is 5.46. The molecule has 1 aromatic heterocycles. The quantitative estimate of drug-likeness (QED) is 0.895. The number of rotatable bonds is 4. The minimum atomic E-state index is 0.943. The zero-order valence-electron chi connectivity index (χ0n) is 11.8. The molecule has 0 unspecified atom stereocenters. The van der Waals surface area contributed by atoms with Crippen molar-refractivity contribution in [3.63, 3.8) is 0 Å². The Morgan fingerprint density at radius 3 is 2.74 bits per heavy atom. The lowest BCUT2D eigenvalue weighted by molar-refractivity contribution is 0.345. The van der Waals surface area contributed by atoms with Crippen LogP contribution in [0.4, 0.5) is 5.82 Å². The fourth-order valence-electron chi connectivity index (χ4n) is 3.54. The average molecular weight is 259 g/mol. The second-order valence-electron chi connectivity index (χ2n) is 6.07. The van der Waals surface area contributed by atoms with Crippen LogP contribution in [-0.4, -0.2) is 16.5 Å². The molecule has 3 rings (SSSR count). The standard InChI is InChI=1S/C16H25N3/c1-2-6-13(7-3-1)10-11-17-16-14-8-4-5-9-15(14)18-12-19-16/h12-13H,1-11H2,(H,17,18,19). The Morgan fingerprint density at radius 2 is 1.84 bits per heavy atom. The van der Waals surface area contributed by atoms with E-state index >= 15 is 0 Å². The van der Waals surface area contributed by atoms with Crippen molar-refractivity contribution in [1.82, 2.24) is 9.97 Å². The van der Waals surface area contributed by atoms with Gasteiger partial charge < -0.3 is 5.32 Å². The zero-order chi connectivity index (χ0) is 12.9. The number of anilines is 1. The molecule has 19 heavy (non-hydrogen) atoms. The molecule has 2 aliphatic rings. The molecule has 1 fully saturated rings. The Hall–Kier alpha value is -1.12. The highest BCUT2D eigenvalue weighted by Gasteiger charge is 2.16. The molecular formula is C16H25N3. The molecule has 0 bridgehead atoms. The Morgan fingerprint density at radius 1 is 1.00 bits per heavy atom. The lowest BCUT2D eigenvalue weighted by atomic mass is 9.87. The number of hydrogen-bond donors (Lipinski definition) is 1. The molecule has 3 heteroatoms. The maximum Gasteiger partial charge on any atom is 0.132 e. The van der Waals surface area contributed by atoms with Crippen LogP contribution in [0.15, 0.2) is 6.33 Å². The van der Waals surface area contributed by atoms with E-state index in [1.165, 1.54) is 62.6 Å². The maximum absolute atomic E-state index is 4.45. The second kappa shape index (κ2) is 6.36. The zero-order valence-corrected chi connectivity index (χ0v) is 11.8. The van der Waals surface area contributed by atoms with Crippen molar-refractivity contribution in [1.29, 1.82) is 0 Å². The van der Waals surface area contributed by atoms with Crippen LogP contribution in [0.1, 0.15) is 62.6 Å². The van der Waals surface area contributed by atoms with Gasteiger partial charge in [-0.1, -0.05) is 32.1 Å². The van der Waals surface area contributed by atoms with Crippen LogP contribution in [0.5, 0.6) is 0 Å². The summed E-state index contributed by atoms with van der Waals surface area (Å²) in [6, 6.07) is 0. The Kier molecular flexibility index (Phi) is 4.31. The molecule has 0 amide bonds. The van der Waals surface area contributed by atoms with Crippen LogP contribution in [0, 0.1) is 5.92 Å². The minimum absolute atomic E-state index is 0.943. The molecular weight excluding hydrogens is 234 g/mol. The first-order valence-electron chi connectivity index (χ1n) is 8.00. The SMILES string of the molecule is c1nc2c(c(NCCC3CCCCC3)n1)CCCC2. The van der Waals surface area contributed by atoms with Gasteiger partial charge in [0.25, 0.3) is 0 Å². The maximum atomic E-state index is 4.45. The number of aryl methyl sites for hydroxylation is 1. The van der Waals surface area contributed by atoms with Gasteiger partial charge in [0, 0.05) is 17.8 Å². The molecule has 0 aromatic carbocycles.